The summed E-state index contributed by atoms with van der Waals surface area (Å²) in [5, 5.41) is 10.0. The van der Waals surface area contributed by atoms with Gasteiger partial charge in [0, 0.05) is 26.0 Å². The second-order valence-electron chi connectivity index (χ2n) is 5.84. The summed E-state index contributed by atoms with van der Waals surface area (Å²) >= 11 is 0. The number of alkyl halides is 3. The molecule has 0 saturated heterocycles. The van der Waals surface area contributed by atoms with Gasteiger partial charge >= 0.3 is 6.18 Å². The van der Waals surface area contributed by atoms with Crippen molar-refractivity contribution in [3.8, 4) is 0 Å². The summed E-state index contributed by atoms with van der Waals surface area (Å²) in [6, 6.07) is 8.34. The number of hydrogen-bond acceptors (Lipinski definition) is 5. The van der Waals surface area contributed by atoms with E-state index in [0.29, 0.717) is 17.9 Å². The lowest BCUT2D eigenvalue weighted by Crippen LogP contribution is -2.29. The molecule has 9 heteroatoms. The summed E-state index contributed by atoms with van der Waals surface area (Å²) < 4.78 is 43.7. The van der Waals surface area contributed by atoms with Crippen LogP contribution in [0.5, 0.6) is 0 Å². The molecular formula is C18H18F3N5O. The summed E-state index contributed by atoms with van der Waals surface area (Å²) in [7, 11) is 1.51. The number of pyridine rings is 1. The van der Waals surface area contributed by atoms with Crippen molar-refractivity contribution in [2.45, 2.75) is 18.3 Å². The summed E-state index contributed by atoms with van der Waals surface area (Å²) in [6.45, 7) is 0.349. The number of aromatic nitrogens is 4. The van der Waals surface area contributed by atoms with Gasteiger partial charge in [0.25, 0.3) is 0 Å². The molecule has 3 rings (SSSR count). The zero-order valence-electron chi connectivity index (χ0n) is 14.4. The van der Waals surface area contributed by atoms with Crippen LogP contribution in [0.25, 0.3) is 0 Å². The van der Waals surface area contributed by atoms with Crippen molar-refractivity contribution in [1.29, 1.82) is 0 Å². The van der Waals surface area contributed by atoms with E-state index in [4.69, 9.17) is 4.74 Å². The van der Waals surface area contributed by atoms with Crippen LogP contribution in [0.15, 0.2) is 55.1 Å². The Balaban J connectivity index is 1.75. The third kappa shape index (κ3) is 4.69. The molecule has 0 aliphatic heterocycles. The van der Waals surface area contributed by atoms with Crippen molar-refractivity contribution in [3.05, 3.63) is 77.6 Å². The molecule has 0 aliphatic rings. The van der Waals surface area contributed by atoms with E-state index in [2.05, 4.69) is 25.5 Å². The number of halogens is 3. The molecule has 2 aromatic heterocycles. The molecule has 0 bridgehead atoms. The van der Waals surface area contributed by atoms with Gasteiger partial charge in [-0.05, 0) is 29.3 Å². The highest BCUT2D eigenvalue weighted by Crippen LogP contribution is 2.30. The Morgan fingerprint density at radius 2 is 1.93 bits per heavy atom. The molecule has 2 atom stereocenters. The van der Waals surface area contributed by atoms with Crippen LogP contribution in [0.2, 0.25) is 0 Å². The maximum atomic E-state index is 12.7. The van der Waals surface area contributed by atoms with Crippen molar-refractivity contribution in [3.63, 3.8) is 0 Å². The zero-order chi connectivity index (χ0) is 19.3. The van der Waals surface area contributed by atoms with E-state index >= 15 is 0 Å². The fourth-order valence-corrected chi connectivity index (χ4v) is 2.72. The highest BCUT2D eigenvalue weighted by molar-refractivity contribution is 5.27. The smallest absolute Gasteiger partial charge is 0.375 e. The number of benzene rings is 1. The first-order valence-electron chi connectivity index (χ1n) is 8.17. The van der Waals surface area contributed by atoms with E-state index < -0.39 is 17.8 Å². The molecule has 3 aromatic rings. The average molecular weight is 377 g/mol. The summed E-state index contributed by atoms with van der Waals surface area (Å²) in [6.07, 6.45) is -0.0168. The fraction of sp³-hybridized carbons (Fsp3) is 0.278. The lowest BCUT2D eigenvalue weighted by Gasteiger charge is -2.22. The molecule has 0 fully saturated rings. The van der Waals surface area contributed by atoms with Crippen LogP contribution in [-0.2, 0) is 10.9 Å². The van der Waals surface area contributed by atoms with Crippen LogP contribution in [-0.4, -0.2) is 33.8 Å². The minimum atomic E-state index is -4.36. The number of methoxy groups -OCH3 is 1. The monoisotopic (exact) mass is 377 g/mol. The largest absolute Gasteiger partial charge is 0.416 e. The molecule has 2 N–H and O–H groups in total. The molecule has 0 amide bonds. The normalized spacial score (nSPS) is 14.1. The second-order valence-corrected chi connectivity index (χ2v) is 5.84. The standard InChI is InChI=1S/C18H18F3N5O/c1-27-15(12-4-6-14(7-5-12)18(19,20)21)10-23-16(17-24-11-25-26-17)13-3-2-8-22-9-13/h2-9,11,15-16,23H,10H2,1H3,(H,24,25,26). The van der Waals surface area contributed by atoms with Crippen LogP contribution in [0.3, 0.4) is 0 Å². The van der Waals surface area contributed by atoms with Gasteiger partial charge < -0.3 is 10.1 Å². The predicted octanol–water partition coefficient (Wildman–Crippen LogP) is 3.29. The Bertz CT molecular complexity index is 822. The minimum Gasteiger partial charge on any atom is -0.375 e. The lowest BCUT2D eigenvalue weighted by atomic mass is 10.0. The fourth-order valence-electron chi connectivity index (χ4n) is 2.72. The average Bonchev–Trinajstić information content (AvgIpc) is 3.20. The SMILES string of the molecule is COC(CNC(c1cccnc1)c1ncn[nH]1)c1ccc(C(F)(F)F)cc1. The highest BCUT2D eigenvalue weighted by Gasteiger charge is 2.30. The maximum absolute atomic E-state index is 12.7. The van der Waals surface area contributed by atoms with Gasteiger partial charge in [-0.15, -0.1) is 0 Å². The summed E-state index contributed by atoms with van der Waals surface area (Å²) in [5.74, 6) is 0.602. The van der Waals surface area contributed by atoms with Crippen LogP contribution in [0.1, 0.15) is 34.7 Å². The van der Waals surface area contributed by atoms with Crippen LogP contribution >= 0.6 is 0 Å². The van der Waals surface area contributed by atoms with E-state index in [-0.39, 0.29) is 6.04 Å². The first-order chi connectivity index (χ1) is 13.0. The first kappa shape index (κ1) is 19.0. The van der Waals surface area contributed by atoms with Gasteiger partial charge in [0.2, 0.25) is 0 Å². The van der Waals surface area contributed by atoms with E-state index in [1.807, 2.05) is 12.1 Å². The van der Waals surface area contributed by atoms with Crippen LogP contribution in [0, 0.1) is 0 Å². The van der Waals surface area contributed by atoms with Crippen molar-refractivity contribution in [1.82, 2.24) is 25.5 Å². The first-order valence-corrected chi connectivity index (χ1v) is 8.17. The molecule has 6 nitrogen and oxygen atoms in total. The molecule has 1 aromatic carbocycles. The molecule has 27 heavy (non-hydrogen) atoms. The molecule has 0 saturated carbocycles. The van der Waals surface area contributed by atoms with Crippen molar-refractivity contribution in [2.24, 2.45) is 0 Å². The quantitative estimate of drug-likeness (QED) is 0.661. The number of hydrogen-bond donors (Lipinski definition) is 2. The van der Waals surface area contributed by atoms with Crippen molar-refractivity contribution >= 4 is 0 Å². The molecule has 2 unspecified atom stereocenters. The molecule has 0 radical (unpaired) electrons. The van der Waals surface area contributed by atoms with E-state index in [9.17, 15) is 13.2 Å². The third-order valence-electron chi connectivity index (χ3n) is 4.13. The minimum absolute atomic E-state index is 0.312. The molecule has 0 spiro atoms. The molecule has 142 valence electrons. The number of nitrogens with zero attached hydrogens (tertiary/aromatic N) is 3. The van der Waals surface area contributed by atoms with E-state index in [1.54, 1.807) is 12.4 Å². The van der Waals surface area contributed by atoms with Crippen molar-refractivity contribution in [2.75, 3.05) is 13.7 Å². The Kier molecular flexibility index (Phi) is 5.82. The molecule has 0 aliphatic carbocycles. The highest BCUT2D eigenvalue weighted by atomic mass is 19.4. The van der Waals surface area contributed by atoms with Crippen LogP contribution in [0.4, 0.5) is 13.2 Å². The topological polar surface area (TPSA) is 75.7 Å². The summed E-state index contributed by atoms with van der Waals surface area (Å²) in [4.78, 5) is 8.30. The number of H-pyrrole nitrogens is 1. The number of rotatable bonds is 7. The van der Waals surface area contributed by atoms with E-state index in [1.165, 1.54) is 25.6 Å². The van der Waals surface area contributed by atoms with Gasteiger partial charge in [-0.2, -0.15) is 18.3 Å². The van der Waals surface area contributed by atoms with Crippen LogP contribution < -0.4 is 5.32 Å². The Hall–Kier alpha value is -2.78. The Labute approximate surface area is 153 Å². The molecule has 2 heterocycles. The second kappa shape index (κ2) is 8.28. The third-order valence-corrected chi connectivity index (χ3v) is 4.13. The predicted molar refractivity (Wildman–Crippen MR) is 91.7 cm³/mol. The number of nitrogens with one attached hydrogen (secondary N) is 2. The Morgan fingerprint density at radius 1 is 1.15 bits per heavy atom. The van der Waals surface area contributed by atoms with Gasteiger partial charge in [-0.3, -0.25) is 10.1 Å². The molecular weight excluding hydrogens is 359 g/mol. The number of aromatic amines is 1. The zero-order valence-corrected chi connectivity index (χ0v) is 14.4. The van der Waals surface area contributed by atoms with Gasteiger partial charge in [-0.1, -0.05) is 18.2 Å². The van der Waals surface area contributed by atoms with Crippen molar-refractivity contribution < 1.29 is 17.9 Å². The lowest BCUT2D eigenvalue weighted by molar-refractivity contribution is -0.137. The number of ether oxygens (including phenoxy) is 1. The van der Waals surface area contributed by atoms with Gasteiger partial charge in [0.15, 0.2) is 0 Å². The van der Waals surface area contributed by atoms with Gasteiger partial charge in [-0.25, -0.2) is 4.98 Å². The van der Waals surface area contributed by atoms with Gasteiger partial charge in [0.1, 0.15) is 12.2 Å². The van der Waals surface area contributed by atoms with Gasteiger partial charge in [0.05, 0.1) is 17.7 Å². The Morgan fingerprint density at radius 3 is 2.48 bits per heavy atom. The summed E-state index contributed by atoms with van der Waals surface area (Å²) in [5.41, 5.74) is 0.820. The van der Waals surface area contributed by atoms with E-state index in [0.717, 1.165) is 17.7 Å². The maximum Gasteiger partial charge on any atom is 0.416 e.